The summed E-state index contributed by atoms with van der Waals surface area (Å²) in [5, 5.41) is 15.4. The molecule has 1 fully saturated rings. The van der Waals surface area contributed by atoms with Crippen molar-refractivity contribution in [3.63, 3.8) is 0 Å². The summed E-state index contributed by atoms with van der Waals surface area (Å²) in [5.41, 5.74) is 2.92. The van der Waals surface area contributed by atoms with Gasteiger partial charge < -0.3 is 19.8 Å². The Balaban J connectivity index is 1.46. The lowest BCUT2D eigenvalue weighted by Gasteiger charge is -2.18. The number of carbonyl (C=O) groups is 1. The lowest BCUT2D eigenvalue weighted by molar-refractivity contribution is -0.132. The van der Waals surface area contributed by atoms with Crippen molar-refractivity contribution in [2.75, 3.05) is 19.7 Å². The predicted molar refractivity (Wildman–Crippen MR) is 120 cm³/mol. The molecule has 0 saturated carbocycles. The average molecular weight is 470 g/mol. The van der Waals surface area contributed by atoms with Crippen molar-refractivity contribution in [2.24, 2.45) is 0 Å². The minimum absolute atomic E-state index is 0.242. The molecule has 1 saturated heterocycles. The molecule has 4 rings (SSSR count). The summed E-state index contributed by atoms with van der Waals surface area (Å²) in [4.78, 5) is 24.3. The third-order valence-electron chi connectivity index (χ3n) is 5.63. The second-order valence-corrected chi connectivity index (χ2v) is 8.06. The first kappa shape index (κ1) is 23.6. The molecule has 1 amide bonds. The van der Waals surface area contributed by atoms with Crippen LogP contribution in [0.1, 0.15) is 12.0 Å². The van der Waals surface area contributed by atoms with Gasteiger partial charge in [0, 0.05) is 19.6 Å². The number of ether oxygens (including phenoxy) is 1. The Morgan fingerprint density at radius 2 is 2.00 bits per heavy atom. The average Bonchev–Trinajstić information content (AvgIpc) is 2.99. The highest BCUT2D eigenvalue weighted by molar-refractivity contribution is 5.82. The lowest BCUT2D eigenvalue weighted by atomic mass is 10.0. The molecule has 0 radical (unpaired) electrons. The fourth-order valence-corrected chi connectivity index (χ4v) is 3.90. The molecule has 0 spiro atoms. The van der Waals surface area contributed by atoms with Gasteiger partial charge in [-0.15, -0.1) is 0 Å². The Bertz CT molecular complexity index is 1240. The molecule has 2 N–H and O–H groups in total. The van der Waals surface area contributed by atoms with Gasteiger partial charge in [-0.2, -0.15) is 5.26 Å². The van der Waals surface area contributed by atoms with Crippen molar-refractivity contribution >= 4 is 17.0 Å². The zero-order valence-electron chi connectivity index (χ0n) is 18.3. The van der Waals surface area contributed by atoms with Crippen LogP contribution in [-0.4, -0.2) is 48.7 Å². The van der Waals surface area contributed by atoms with Crippen molar-refractivity contribution in [1.29, 1.82) is 5.26 Å². The van der Waals surface area contributed by atoms with Gasteiger partial charge in [0.2, 0.25) is 0 Å². The lowest BCUT2D eigenvalue weighted by Crippen LogP contribution is -2.46. The van der Waals surface area contributed by atoms with Crippen LogP contribution in [0.15, 0.2) is 51.7 Å². The van der Waals surface area contributed by atoms with Gasteiger partial charge in [0.15, 0.2) is 5.58 Å². The van der Waals surface area contributed by atoms with E-state index in [1.807, 2.05) is 24.3 Å². The third-order valence-corrected chi connectivity index (χ3v) is 5.63. The number of amides is 1. The topological polar surface area (TPSA) is 109 Å². The van der Waals surface area contributed by atoms with Crippen molar-refractivity contribution < 1.29 is 22.7 Å². The molecule has 0 aliphatic carbocycles. The SMILES string of the molecule is N#CC(Cc1ccc(-c2ccc3oc(=O)n(CC(F)F)c3c2)cc1)NC(=O)[C@@H]1CNCCCO1. The van der Waals surface area contributed by atoms with E-state index in [0.29, 0.717) is 25.1 Å². The molecule has 3 aromatic rings. The number of nitrogens with one attached hydrogen (secondary N) is 2. The second kappa shape index (κ2) is 10.6. The van der Waals surface area contributed by atoms with Gasteiger partial charge in [-0.25, -0.2) is 13.6 Å². The molecule has 1 aromatic heterocycles. The summed E-state index contributed by atoms with van der Waals surface area (Å²) in [6.07, 6.45) is -2.16. The first-order chi connectivity index (χ1) is 16.4. The molecule has 1 aliphatic heterocycles. The van der Waals surface area contributed by atoms with E-state index in [2.05, 4.69) is 16.7 Å². The molecule has 10 heteroatoms. The van der Waals surface area contributed by atoms with Crippen LogP contribution in [-0.2, 0) is 22.5 Å². The summed E-state index contributed by atoms with van der Waals surface area (Å²) in [5.74, 6) is -1.14. The van der Waals surface area contributed by atoms with Gasteiger partial charge in [-0.3, -0.25) is 9.36 Å². The van der Waals surface area contributed by atoms with E-state index in [-0.39, 0.29) is 11.5 Å². The minimum Gasteiger partial charge on any atom is -0.408 e. The van der Waals surface area contributed by atoms with E-state index in [1.54, 1.807) is 18.2 Å². The zero-order chi connectivity index (χ0) is 24.1. The summed E-state index contributed by atoms with van der Waals surface area (Å²) in [6, 6.07) is 13.7. The van der Waals surface area contributed by atoms with Crippen LogP contribution in [0.5, 0.6) is 0 Å². The standard InChI is InChI=1S/C24H24F2N4O4/c25-22(26)14-30-19-11-17(6-7-20(19)34-24(30)32)16-4-2-15(3-5-16)10-18(12-27)29-23(31)21-13-28-8-1-9-33-21/h2-7,11,18,21-22,28H,1,8-10,13-14H2,(H,29,31)/t18?,21-/m0/s1. The maximum Gasteiger partial charge on any atom is 0.420 e. The number of nitriles is 1. The van der Waals surface area contributed by atoms with Crippen molar-refractivity contribution in [2.45, 2.75) is 38.0 Å². The molecule has 2 heterocycles. The fourth-order valence-electron chi connectivity index (χ4n) is 3.90. The molecule has 1 aliphatic rings. The van der Waals surface area contributed by atoms with Crippen LogP contribution < -0.4 is 16.4 Å². The largest absolute Gasteiger partial charge is 0.420 e. The molecule has 8 nitrogen and oxygen atoms in total. The van der Waals surface area contributed by atoms with Crippen molar-refractivity contribution in [3.05, 3.63) is 58.6 Å². The highest BCUT2D eigenvalue weighted by Gasteiger charge is 2.23. The van der Waals surface area contributed by atoms with E-state index in [4.69, 9.17) is 9.15 Å². The van der Waals surface area contributed by atoms with Crippen LogP contribution in [0.3, 0.4) is 0 Å². The molecule has 0 bridgehead atoms. The summed E-state index contributed by atoms with van der Waals surface area (Å²) in [6.45, 7) is 0.949. The number of hydrogen-bond acceptors (Lipinski definition) is 6. The summed E-state index contributed by atoms with van der Waals surface area (Å²) in [7, 11) is 0. The van der Waals surface area contributed by atoms with E-state index < -0.39 is 30.9 Å². The van der Waals surface area contributed by atoms with Gasteiger partial charge in [0.25, 0.3) is 12.3 Å². The van der Waals surface area contributed by atoms with E-state index in [1.165, 1.54) is 0 Å². The number of benzene rings is 2. The Kier molecular flexibility index (Phi) is 7.35. The number of fused-ring (bicyclic) bond motifs is 1. The first-order valence-corrected chi connectivity index (χ1v) is 11.0. The molecular formula is C24H24F2N4O4. The van der Waals surface area contributed by atoms with E-state index in [9.17, 15) is 23.6 Å². The Hall–Kier alpha value is -3.55. The number of carbonyl (C=O) groups excluding carboxylic acids is 1. The van der Waals surface area contributed by atoms with Gasteiger partial charge in [-0.05, 0) is 41.8 Å². The van der Waals surface area contributed by atoms with Crippen molar-refractivity contribution in [1.82, 2.24) is 15.2 Å². The van der Waals surface area contributed by atoms with Crippen LogP contribution in [0.4, 0.5) is 8.78 Å². The molecule has 178 valence electrons. The van der Waals surface area contributed by atoms with Crippen LogP contribution in [0.25, 0.3) is 22.2 Å². The number of nitrogens with zero attached hydrogens (tertiary/aromatic N) is 2. The second-order valence-electron chi connectivity index (χ2n) is 8.06. The van der Waals surface area contributed by atoms with Crippen LogP contribution >= 0.6 is 0 Å². The minimum atomic E-state index is -2.68. The van der Waals surface area contributed by atoms with Crippen molar-refractivity contribution in [3.8, 4) is 17.2 Å². The zero-order valence-corrected chi connectivity index (χ0v) is 18.3. The summed E-state index contributed by atoms with van der Waals surface area (Å²) < 4.78 is 37.2. The number of aromatic nitrogens is 1. The number of halogens is 2. The number of oxazole rings is 1. The Morgan fingerprint density at radius 3 is 2.74 bits per heavy atom. The predicted octanol–water partition coefficient (Wildman–Crippen LogP) is 2.46. The fraction of sp³-hybridized carbons (Fsp3) is 0.375. The molecule has 2 atom stereocenters. The Morgan fingerprint density at radius 1 is 1.24 bits per heavy atom. The molecule has 34 heavy (non-hydrogen) atoms. The maximum absolute atomic E-state index is 12.8. The smallest absolute Gasteiger partial charge is 0.408 e. The van der Waals surface area contributed by atoms with E-state index in [0.717, 1.165) is 34.2 Å². The van der Waals surface area contributed by atoms with Crippen LogP contribution in [0.2, 0.25) is 0 Å². The number of hydrogen-bond donors (Lipinski definition) is 2. The Labute approximate surface area is 194 Å². The van der Waals surface area contributed by atoms with E-state index >= 15 is 0 Å². The quantitative estimate of drug-likeness (QED) is 0.549. The maximum atomic E-state index is 12.8. The third kappa shape index (κ3) is 5.50. The highest BCUT2D eigenvalue weighted by atomic mass is 19.3. The highest BCUT2D eigenvalue weighted by Crippen LogP contribution is 2.25. The van der Waals surface area contributed by atoms with Gasteiger partial charge >= 0.3 is 5.76 Å². The van der Waals surface area contributed by atoms with Crippen LogP contribution in [0, 0.1) is 11.3 Å². The van der Waals surface area contributed by atoms with Gasteiger partial charge in [0.05, 0.1) is 18.1 Å². The van der Waals surface area contributed by atoms with Gasteiger partial charge in [-0.1, -0.05) is 30.3 Å². The monoisotopic (exact) mass is 470 g/mol. The molecule has 2 aromatic carbocycles. The first-order valence-electron chi connectivity index (χ1n) is 11.0. The van der Waals surface area contributed by atoms with Gasteiger partial charge in [0.1, 0.15) is 12.1 Å². The number of alkyl halides is 2. The summed E-state index contributed by atoms with van der Waals surface area (Å²) >= 11 is 0. The molecule has 1 unspecified atom stereocenters. The number of rotatable bonds is 7. The normalized spacial score (nSPS) is 17.3. The molecular weight excluding hydrogens is 446 g/mol.